The average Bonchev–Trinajstić information content (AvgIpc) is 3.32. The number of carboxylic acids is 1. The van der Waals surface area contributed by atoms with Crippen LogP contribution in [0.15, 0.2) is 53.0 Å². The van der Waals surface area contributed by atoms with Crippen molar-refractivity contribution < 1.29 is 24.6 Å². The zero-order valence-corrected chi connectivity index (χ0v) is 20.9. The summed E-state index contributed by atoms with van der Waals surface area (Å²) in [5.74, 6) is -3.79. The van der Waals surface area contributed by atoms with E-state index in [2.05, 4.69) is 21.2 Å². The Morgan fingerprint density at radius 3 is 2.46 bits per heavy atom. The quantitative estimate of drug-likeness (QED) is 0.469. The van der Waals surface area contributed by atoms with Crippen LogP contribution in [0.1, 0.15) is 55.7 Å². The van der Waals surface area contributed by atoms with Gasteiger partial charge in [0.15, 0.2) is 0 Å². The number of carbonyl (C=O) groups excluding carboxylic acids is 2. The van der Waals surface area contributed by atoms with Crippen LogP contribution in [0.4, 0.5) is 0 Å². The van der Waals surface area contributed by atoms with E-state index in [9.17, 15) is 24.6 Å². The highest BCUT2D eigenvalue weighted by Gasteiger charge is 2.68. The molecule has 0 radical (unpaired) electrons. The monoisotopic (exact) mass is 540 g/mol. The molecule has 4 unspecified atom stereocenters. The highest BCUT2D eigenvalue weighted by Crippen LogP contribution is 2.53. The maximum Gasteiger partial charge on any atom is 0.324 e. The van der Waals surface area contributed by atoms with Crippen LogP contribution in [0, 0.1) is 17.8 Å². The summed E-state index contributed by atoms with van der Waals surface area (Å²) in [4.78, 5) is 41.8. The van der Waals surface area contributed by atoms with E-state index in [4.69, 9.17) is 0 Å². The lowest BCUT2D eigenvalue weighted by molar-refractivity contribution is -0.152. The number of carbonyl (C=O) groups is 3. The first kappa shape index (κ1) is 24.0. The predicted octanol–water partition coefficient (Wildman–Crippen LogP) is 4.39. The number of aromatic hydroxyl groups is 1. The van der Waals surface area contributed by atoms with E-state index in [0.29, 0.717) is 10.0 Å². The van der Waals surface area contributed by atoms with E-state index in [-0.39, 0.29) is 24.6 Å². The number of benzene rings is 2. The molecule has 2 aromatic carbocycles. The number of rotatable bonds is 6. The van der Waals surface area contributed by atoms with Gasteiger partial charge in [0.05, 0.1) is 18.4 Å². The molecular formula is C27H29BrN2O5. The number of aliphatic carboxylic acids is 1. The molecule has 2 saturated heterocycles. The van der Waals surface area contributed by atoms with E-state index >= 15 is 0 Å². The van der Waals surface area contributed by atoms with E-state index in [1.165, 1.54) is 11.0 Å². The van der Waals surface area contributed by atoms with Crippen LogP contribution in [-0.2, 0) is 20.9 Å². The van der Waals surface area contributed by atoms with Gasteiger partial charge >= 0.3 is 5.97 Å². The summed E-state index contributed by atoms with van der Waals surface area (Å²) in [6.07, 6.45) is 5.32. The second-order valence-electron chi connectivity index (χ2n) is 10.1. The molecular weight excluding hydrogens is 512 g/mol. The molecule has 2 aliphatic heterocycles. The number of imide groups is 1. The number of halogens is 1. The first-order valence-corrected chi connectivity index (χ1v) is 13.0. The lowest BCUT2D eigenvalue weighted by Crippen LogP contribution is -2.56. The van der Waals surface area contributed by atoms with Crippen molar-refractivity contribution in [3.05, 3.63) is 64.1 Å². The number of nitrogens with zero attached hydrogens (tertiary/aromatic N) is 1. The van der Waals surface area contributed by atoms with Crippen LogP contribution in [0.5, 0.6) is 5.75 Å². The highest BCUT2D eigenvalue weighted by molar-refractivity contribution is 9.10. The minimum atomic E-state index is -1.58. The van der Waals surface area contributed by atoms with Gasteiger partial charge in [-0.25, -0.2) is 0 Å². The third-order valence-corrected chi connectivity index (χ3v) is 8.46. The Balaban J connectivity index is 1.59. The van der Waals surface area contributed by atoms with E-state index in [1.807, 2.05) is 30.3 Å². The standard InChI is InChI=1S/C27H29BrN2O5/c28-18-11-12-20(31)19(13-18)23-21-22(25(33)30(24(21)32)15-17-9-5-2-6-10-17)27(29-23,26(34)35)14-16-7-3-1-4-8-16/h2,5-6,9-13,16,21-23,29,31H,1,3-4,7-8,14-15H2,(H,34,35). The molecule has 3 N–H and O–H groups in total. The van der Waals surface area contributed by atoms with Crippen LogP contribution in [0.25, 0.3) is 0 Å². The first-order chi connectivity index (χ1) is 16.8. The maximum atomic E-state index is 13.8. The van der Waals surface area contributed by atoms with Crippen molar-refractivity contribution in [2.75, 3.05) is 0 Å². The molecule has 1 saturated carbocycles. The van der Waals surface area contributed by atoms with Gasteiger partial charge < -0.3 is 10.2 Å². The summed E-state index contributed by atoms with van der Waals surface area (Å²) in [7, 11) is 0. The second kappa shape index (κ2) is 9.39. The predicted molar refractivity (Wildman–Crippen MR) is 132 cm³/mol. The van der Waals surface area contributed by atoms with Crippen molar-refractivity contribution in [2.45, 2.75) is 56.7 Å². The summed E-state index contributed by atoms with van der Waals surface area (Å²) in [6.45, 7) is 0.0990. The van der Waals surface area contributed by atoms with Gasteiger partial charge in [0.2, 0.25) is 11.8 Å². The Morgan fingerprint density at radius 1 is 1.06 bits per heavy atom. The van der Waals surface area contributed by atoms with Gasteiger partial charge in [0, 0.05) is 16.1 Å². The number of fused-ring (bicyclic) bond motifs is 1. The van der Waals surface area contributed by atoms with Crippen LogP contribution >= 0.6 is 15.9 Å². The molecule has 5 rings (SSSR count). The summed E-state index contributed by atoms with van der Waals surface area (Å²) in [5, 5.41) is 24.5. The molecule has 2 heterocycles. The molecule has 35 heavy (non-hydrogen) atoms. The summed E-state index contributed by atoms with van der Waals surface area (Å²) < 4.78 is 0.696. The molecule has 3 aliphatic rings. The fourth-order valence-electron chi connectivity index (χ4n) is 6.34. The molecule has 0 spiro atoms. The Kier molecular flexibility index (Phi) is 6.44. The Bertz CT molecular complexity index is 1150. The van der Waals surface area contributed by atoms with Gasteiger partial charge in [0.1, 0.15) is 11.3 Å². The fourth-order valence-corrected chi connectivity index (χ4v) is 6.72. The van der Waals surface area contributed by atoms with Gasteiger partial charge in [-0.1, -0.05) is 78.4 Å². The second-order valence-corrected chi connectivity index (χ2v) is 11.0. The molecule has 2 aromatic rings. The number of carboxylic acid groups (broad SMARTS) is 1. The number of amides is 2. The summed E-state index contributed by atoms with van der Waals surface area (Å²) in [6, 6.07) is 13.3. The van der Waals surface area contributed by atoms with Crippen molar-refractivity contribution in [1.82, 2.24) is 10.2 Å². The van der Waals surface area contributed by atoms with Gasteiger partial charge in [-0.2, -0.15) is 0 Å². The SMILES string of the molecule is O=C1C2C(c3cc(Br)ccc3O)NC(CC3CCCCC3)(C(=O)O)C2C(=O)N1Cc1ccccc1. The molecule has 3 fully saturated rings. The number of nitrogens with one attached hydrogen (secondary N) is 1. The smallest absolute Gasteiger partial charge is 0.324 e. The molecule has 184 valence electrons. The molecule has 1 aliphatic carbocycles. The van der Waals surface area contributed by atoms with Crippen molar-refractivity contribution in [2.24, 2.45) is 17.8 Å². The lowest BCUT2D eigenvalue weighted by atomic mass is 9.72. The number of phenolic OH excluding ortho intramolecular Hbond substituents is 1. The largest absolute Gasteiger partial charge is 0.508 e. The van der Waals surface area contributed by atoms with Crippen LogP contribution < -0.4 is 5.32 Å². The van der Waals surface area contributed by atoms with Crippen molar-refractivity contribution in [1.29, 1.82) is 0 Å². The van der Waals surface area contributed by atoms with E-state index in [0.717, 1.165) is 37.7 Å². The molecule has 0 aromatic heterocycles. The zero-order valence-electron chi connectivity index (χ0n) is 19.3. The fraction of sp³-hybridized carbons (Fsp3) is 0.444. The zero-order chi connectivity index (χ0) is 24.7. The Labute approximate surface area is 212 Å². The van der Waals surface area contributed by atoms with Gasteiger partial charge in [-0.3, -0.25) is 24.6 Å². The normalized spacial score (nSPS) is 28.9. The number of phenols is 1. The van der Waals surface area contributed by atoms with Crippen LogP contribution in [0.2, 0.25) is 0 Å². The van der Waals surface area contributed by atoms with Gasteiger partial charge in [-0.15, -0.1) is 0 Å². The van der Waals surface area contributed by atoms with Gasteiger partial charge in [-0.05, 0) is 36.1 Å². The number of likely N-dealkylation sites (tertiary alicyclic amines) is 1. The third-order valence-electron chi connectivity index (χ3n) is 7.97. The molecule has 7 nitrogen and oxygen atoms in total. The van der Waals surface area contributed by atoms with Crippen LogP contribution in [-0.4, -0.2) is 38.4 Å². The van der Waals surface area contributed by atoms with Gasteiger partial charge in [0.25, 0.3) is 0 Å². The van der Waals surface area contributed by atoms with Crippen molar-refractivity contribution in [3.8, 4) is 5.75 Å². The minimum absolute atomic E-state index is 0.0370. The lowest BCUT2D eigenvalue weighted by Gasteiger charge is -2.35. The first-order valence-electron chi connectivity index (χ1n) is 12.2. The molecule has 2 amide bonds. The Morgan fingerprint density at radius 2 is 1.77 bits per heavy atom. The average molecular weight is 541 g/mol. The molecule has 0 bridgehead atoms. The summed E-state index contributed by atoms with van der Waals surface area (Å²) >= 11 is 3.42. The Hall–Kier alpha value is -2.71. The van der Waals surface area contributed by atoms with Crippen molar-refractivity contribution in [3.63, 3.8) is 0 Å². The highest BCUT2D eigenvalue weighted by atomic mass is 79.9. The maximum absolute atomic E-state index is 13.8. The topological polar surface area (TPSA) is 107 Å². The molecule has 8 heteroatoms. The van der Waals surface area contributed by atoms with E-state index in [1.54, 1.807) is 12.1 Å². The third kappa shape index (κ3) is 4.16. The number of hydrogen-bond acceptors (Lipinski definition) is 5. The minimum Gasteiger partial charge on any atom is -0.508 e. The van der Waals surface area contributed by atoms with Crippen LogP contribution in [0.3, 0.4) is 0 Å². The number of hydrogen-bond donors (Lipinski definition) is 3. The molecule has 4 atom stereocenters. The summed E-state index contributed by atoms with van der Waals surface area (Å²) in [5.41, 5.74) is -0.356. The van der Waals surface area contributed by atoms with E-state index < -0.39 is 41.2 Å². The van der Waals surface area contributed by atoms with Crippen molar-refractivity contribution >= 4 is 33.7 Å².